The summed E-state index contributed by atoms with van der Waals surface area (Å²) in [5.74, 6) is 5.15. The maximum Gasteiger partial charge on any atom is 0.306 e. The van der Waals surface area contributed by atoms with Crippen molar-refractivity contribution in [1.82, 2.24) is 0 Å². The van der Waals surface area contributed by atoms with Gasteiger partial charge in [0.2, 0.25) is 0 Å². The molecule has 1 heterocycles. The van der Waals surface area contributed by atoms with Crippen molar-refractivity contribution in [3.8, 4) is 0 Å². The van der Waals surface area contributed by atoms with Gasteiger partial charge in [-0.15, -0.1) is 0 Å². The molecule has 0 aliphatic rings. The van der Waals surface area contributed by atoms with E-state index in [1.54, 1.807) is 24.3 Å². The smallest absolute Gasteiger partial charge is 0.306 e. The Morgan fingerprint density at radius 2 is 2.05 bits per heavy atom. The molecule has 1 aromatic heterocycles. The number of nitrogen functional groups attached to an aromatic ring is 1. The van der Waals surface area contributed by atoms with Crippen LogP contribution in [0.5, 0.6) is 0 Å². The molecule has 11 heteroatoms. The molecule has 0 atom stereocenters. The largest absolute Gasteiger partial charge is 0.310 e. The molecule has 112 valence electrons. The Morgan fingerprint density at radius 1 is 1.33 bits per heavy atom. The van der Waals surface area contributed by atoms with Crippen LogP contribution in [0.25, 0.3) is 0 Å². The lowest BCUT2D eigenvalue weighted by atomic mass is 10.3. The topological polar surface area (TPSA) is 127 Å². The third kappa shape index (κ3) is 3.50. The van der Waals surface area contributed by atoms with Crippen molar-refractivity contribution in [1.29, 1.82) is 0 Å². The fraction of sp³-hybridized carbons (Fsp3) is 0. The maximum absolute atomic E-state index is 12.2. The summed E-state index contributed by atoms with van der Waals surface area (Å²) in [6, 6.07) is 7.49. The van der Waals surface area contributed by atoms with Crippen LogP contribution >= 0.6 is 27.3 Å². The first-order chi connectivity index (χ1) is 9.83. The Labute approximate surface area is 132 Å². The SMILES string of the molecule is NNc1sc(S(=O)(=O)Nc2cccc(Br)c2)cc1[N+](=O)[O-]. The molecule has 2 aromatic rings. The van der Waals surface area contributed by atoms with Gasteiger partial charge in [0.15, 0.2) is 5.00 Å². The van der Waals surface area contributed by atoms with E-state index in [1.165, 1.54) is 0 Å². The minimum atomic E-state index is -3.93. The van der Waals surface area contributed by atoms with Crippen molar-refractivity contribution >= 4 is 53.7 Å². The van der Waals surface area contributed by atoms with E-state index in [0.717, 1.165) is 6.07 Å². The van der Waals surface area contributed by atoms with E-state index in [4.69, 9.17) is 5.84 Å². The lowest BCUT2D eigenvalue weighted by Gasteiger charge is -2.05. The highest BCUT2D eigenvalue weighted by molar-refractivity contribution is 9.10. The average Bonchev–Trinajstić information content (AvgIpc) is 2.83. The van der Waals surface area contributed by atoms with Crippen LogP contribution in [0.15, 0.2) is 39.0 Å². The van der Waals surface area contributed by atoms with Crippen molar-refractivity contribution in [2.45, 2.75) is 4.21 Å². The molecule has 0 fully saturated rings. The monoisotopic (exact) mass is 392 g/mol. The van der Waals surface area contributed by atoms with Crippen LogP contribution in [-0.2, 0) is 10.0 Å². The Kier molecular flexibility index (Phi) is 4.46. The number of hydrogen-bond acceptors (Lipinski definition) is 7. The van der Waals surface area contributed by atoms with E-state index in [9.17, 15) is 18.5 Å². The van der Waals surface area contributed by atoms with Gasteiger partial charge in [0, 0.05) is 16.2 Å². The van der Waals surface area contributed by atoms with E-state index in [0.29, 0.717) is 21.5 Å². The van der Waals surface area contributed by atoms with Crippen LogP contribution in [0.1, 0.15) is 0 Å². The number of benzene rings is 1. The van der Waals surface area contributed by atoms with Gasteiger partial charge in [0.1, 0.15) is 4.21 Å². The predicted molar refractivity (Wildman–Crippen MR) is 83.7 cm³/mol. The quantitative estimate of drug-likeness (QED) is 0.407. The van der Waals surface area contributed by atoms with Crippen LogP contribution < -0.4 is 16.0 Å². The molecule has 0 aliphatic carbocycles. The second-order valence-corrected chi connectivity index (χ2v) is 7.67. The fourth-order valence-corrected chi connectivity index (χ4v) is 4.17. The number of halogens is 1. The first-order valence-corrected chi connectivity index (χ1v) is 8.46. The lowest BCUT2D eigenvalue weighted by Crippen LogP contribution is -2.11. The first kappa shape index (κ1) is 15.7. The fourth-order valence-electron chi connectivity index (χ4n) is 1.49. The van der Waals surface area contributed by atoms with E-state index in [1.807, 2.05) is 0 Å². The first-order valence-electron chi connectivity index (χ1n) is 5.36. The molecule has 21 heavy (non-hydrogen) atoms. The predicted octanol–water partition coefficient (Wildman–Crippen LogP) is 2.51. The molecule has 1 aromatic carbocycles. The van der Waals surface area contributed by atoms with Gasteiger partial charge in [0.25, 0.3) is 10.0 Å². The van der Waals surface area contributed by atoms with Crippen LogP contribution in [0, 0.1) is 10.1 Å². The standard InChI is InChI=1S/C10H9BrN4O4S2/c11-6-2-1-3-7(4-6)14-21(18,19)9-5-8(15(16)17)10(13-12)20-9/h1-5,13-14H,12H2. The third-order valence-corrected chi connectivity index (χ3v) is 5.76. The van der Waals surface area contributed by atoms with Gasteiger partial charge in [-0.2, -0.15) is 0 Å². The zero-order valence-corrected chi connectivity index (χ0v) is 13.5. The minimum Gasteiger partial charge on any atom is -0.310 e. The Morgan fingerprint density at radius 3 is 2.57 bits per heavy atom. The molecule has 0 saturated carbocycles. The van der Waals surface area contributed by atoms with Crippen molar-refractivity contribution in [3.05, 3.63) is 44.9 Å². The number of rotatable bonds is 5. The van der Waals surface area contributed by atoms with Crippen LogP contribution in [0.3, 0.4) is 0 Å². The summed E-state index contributed by atoms with van der Waals surface area (Å²) in [5, 5.41) is 10.8. The molecular formula is C10H9BrN4O4S2. The van der Waals surface area contributed by atoms with Gasteiger partial charge in [-0.25, -0.2) is 14.3 Å². The summed E-state index contributed by atoms with van der Waals surface area (Å²) >= 11 is 3.90. The zero-order valence-electron chi connectivity index (χ0n) is 10.2. The molecule has 0 amide bonds. The second-order valence-electron chi connectivity index (χ2n) is 3.80. The van der Waals surface area contributed by atoms with E-state index < -0.39 is 20.6 Å². The normalized spacial score (nSPS) is 11.1. The van der Waals surface area contributed by atoms with Gasteiger partial charge in [-0.1, -0.05) is 33.3 Å². The molecule has 0 aliphatic heterocycles. The Balaban J connectivity index is 2.38. The Hall–Kier alpha value is -1.69. The van der Waals surface area contributed by atoms with Gasteiger partial charge in [-0.05, 0) is 18.2 Å². The summed E-state index contributed by atoms with van der Waals surface area (Å²) < 4.78 is 27.3. The number of hydrazine groups is 1. The van der Waals surface area contributed by atoms with Gasteiger partial charge in [0.05, 0.1) is 4.92 Å². The summed E-state index contributed by atoms with van der Waals surface area (Å²) in [6.07, 6.45) is 0. The van der Waals surface area contributed by atoms with Crippen molar-refractivity contribution in [3.63, 3.8) is 0 Å². The lowest BCUT2D eigenvalue weighted by molar-refractivity contribution is -0.383. The average molecular weight is 393 g/mol. The molecule has 4 N–H and O–H groups in total. The second kappa shape index (κ2) is 5.97. The molecule has 0 radical (unpaired) electrons. The molecule has 0 bridgehead atoms. The molecule has 0 unspecified atom stereocenters. The van der Waals surface area contributed by atoms with Crippen molar-refractivity contribution in [2.75, 3.05) is 10.1 Å². The zero-order chi connectivity index (χ0) is 15.6. The van der Waals surface area contributed by atoms with Crippen molar-refractivity contribution < 1.29 is 13.3 Å². The molecule has 0 saturated heterocycles. The summed E-state index contributed by atoms with van der Waals surface area (Å²) in [6.45, 7) is 0. The highest BCUT2D eigenvalue weighted by atomic mass is 79.9. The highest BCUT2D eigenvalue weighted by Gasteiger charge is 2.26. The van der Waals surface area contributed by atoms with Crippen LogP contribution in [-0.4, -0.2) is 13.3 Å². The summed E-state index contributed by atoms with van der Waals surface area (Å²) in [7, 11) is -3.93. The third-order valence-electron chi connectivity index (χ3n) is 2.36. The number of nitrogens with one attached hydrogen (secondary N) is 2. The number of anilines is 2. The van der Waals surface area contributed by atoms with E-state index >= 15 is 0 Å². The van der Waals surface area contributed by atoms with Gasteiger partial charge < -0.3 is 5.43 Å². The molecule has 2 rings (SSSR count). The van der Waals surface area contributed by atoms with E-state index in [-0.39, 0.29) is 9.21 Å². The highest BCUT2D eigenvalue weighted by Crippen LogP contribution is 2.37. The van der Waals surface area contributed by atoms with Crippen LogP contribution in [0.4, 0.5) is 16.4 Å². The van der Waals surface area contributed by atoms with E-state index in [2.05, 4.69) is 26.1 Å². The number of sulfonamides is 1. The number of hydrogen-bond donors (Lipinski definition) is 3. The van der Waals surface area contributed by atoms with Gasteiger partial charge >= 0.3 is 5.69 Å². The van der Waals surface area contributed by atoms with Gasteiger partial charge in [-0.3, -0.25) is 14.8 Å². The number of thiophene rings is 1. The molecular weight excluding hydrogens is 384 g/mol. The maximum atomic E-state index is 12.2. The van der Waals surface area contributed by atoms with Crippen molar-refractivity contribution in [2.24, 2.45) is 5.84 Å². The summed E-state index contributed by atoms with van der Waals surface area (Å²) in [4.78, 5) is 10.1. The number of nitro groups is 1. The summed E-state index contributed by atoms with van der Waals surface area (Å²) in [5.41, 5.74) is 2.06. The van der Waals surface area contributed by atoms with Crippen LogP contribution in [0.2, 0.25) is 0 Å². The molecule has 0 spiro atoms. The number of nitrogens with two attached hydrogens (primary N) is 1. The Bertz CT molecular complexity index is 790. The molecule has 8 nitrogen and oxygen atoms in total. The number of nitrogens with zero attached hydrogens (tertiary/aromatic N) is 1. The minimum absolute atomic E-state index is 0.0328.